The molecule has 1 aliphatic heterocycles. The number of rotatable bonds is 7. The van der Waals surface area contributed by atoms with Crippen molar-refractivity contribution in [2.24, 2.45) is 4.99 Å². The summed E-state index contributed by atoms with van der Waals surface area (Å²) in [6, 6.07) is 4.82. The SMILES string of the molecule is CN=C(NCC(C)(C)c1cccs1)NC1CCN(CCOC)CC1.I. The van der Waals surface area contributed by atoms with Crippen LogP contribution in [0.3, 0.4) is 0 Å². The quantitative estimate of drug-likeness (QED) is 0.358. The fourth-order valence-corrected chi connectivity index (χ4v) is 3.82. The van der Waals surface area contributed by atoms with E-state index in [1.54, 1.807) is 7.11 Å². The molecule has 2 heterocycles. The van der Waals surface area contributed by atoms with Crippen LogP contribution in [-0.2, 0) is 10.2 Å². The summed E-state index contributed by atoms with van der Waals surface area (Å²) in [6.45, 7) is 9.52. The minimum atomic E-state index is 0. The second-order valence-electron chi connectivity index (χ2n) is 7.04. The van der Waals surface area contributed by atoms with Gasteiger partial charge in [0.2, 0.25) is 0 Å². The number of guanidine groups is 1. The molecule has 1 aliphatic rings. The fraction of sp³-hybridized carbons (Fsp3) is 0.722. The second-order valence-corrected chi connectivity index (χ2v) is 7.99. The Kier molecular flexibility index (Phi) is 10.3. The van der Waals surface area contributed by atoms with Crippen molar-refractivity contribution in [1.82, 2.24) is 15.5 Å². The lowest BCUT2D eigenvalue weighted by Gasteiger charge is -2.33. The molecule has 0 unspecified atom stereocenters. The summed E-state index contributed by atoms with van der Waals surface area (Å²) < 4.78 is 5.16. The minimum absolute atomic E-state index is 0. The lowest BCUT2D eigenvalue weighted by molar-refractivity contribution is 0.128. The fourth-order valence-electron chi connectivity index (χ4n) is 2.96. The molecule has 1 aromatic rings. The highest BCUT2D eigenvalue weighted by Crippen LogP contribution is 2.26. The Bertz CT molecular complexity index is 499. The Morgan fingerprint density at radius 2 is 2.12 bits per heavy atom. The number of thiophene rings is 1. The van der Waals surface area contributed by atoms with Crippen molar-refractivity contribution in [2.45, 2.75) is 38.1 Å². The number of hydrogen-bond acceptors (Lipinski definition) is 4. The van der Waals surface area contributed by atoms with E-state index < -0.39 is 0 Å². The van der Waals surface area contributed by atoms with Gasteiger partial charge >= 0.3 is 0 Å². The number of nitrogens with one attached hydrogen (secondary N) is 2. The Labute approximate surface area is 173 Å². The van der Waals surface area contributed by atoms with Crippen molar-refractivity contribution in [3.63, 3.8) is 0 Å². The molecule has 5 nitrogen and oxygen atoms in total. The van der Waals surface area contributed by atoms with Crippen LogP contribution in [0.2, 0.25) is 0 Å². The molecule has 1 saturated heterocycles. The van der Waals surface area contributed by atoms with E-state index in [-0.39, 0.29) is 29.4 Å². The average Bonchev–Trinajstić information content (AvgIpc) is 3.13. The van der Waals surface area contributed by atoms with Crippen molar-refractivity contribution >= 4 is 41.3 Å². The first-order chi connectivity index (χ1) is 11.5. The molecule has 0 aromatic carbocycles. The molecule has 1 fully saturated rings. The van der Waals surface area contributed by atoms with Crippen LogP contribution < -0.4 is 10.6 Å². The monoisotopic (exact) mass is 480 g/mol. The van der Waals surface area contributed by atoms with Gasteiger partial charge in [0.1, 0.15) is 0 Å². The Balaban J connectivity index is 0.00000312. The lowest BCUT2D eigenvalue weighted by Crippen LogP contribution is -2.50. The summed E-state index contributed by atoms with van der Waals surface area (Å²) in [5.74, 6) is 0.912. The van der Waals surface area contributed by atoms with E-state index in [9.17, 15) is 0 Å². The van der Waals surface area contributed by atoms with Gasteiger partial charge in [0.15, 0.2) is 5.96 Å². The molecule has 25 heavy (non-hydrogen) atoms. The molecule has 0 radical (unpaired) electrons. The van der Waals surface area contributed by atoms with E-state index >= 15 is 0 Å². The maximum absolute atomic E-state index is 5.16. The van der Waals surface area contributed by atoms with Crippen molar-refractivity contribution < 1.29 is 4.74 Å². The van der Waals surface area contributed by atoms with Gasteiger partial charge in [-0.1, -0.05) is 19.9 Å². The number of hydrogen-bond donors (Lipinski definition) is 2. The largest absolute Gasteiger partial charge is 0.383 e. The van der Waals surface area contributed by atoms with Crippen molar-refractivity contribution in [3.8, 4) is 0 Å². The molecular formula is C18H33IN4OS. The van der Waals surface area contributed by atoms with Gasteiger partial charge < -0.3 is 20.3 Å². The highest BCUT2D eigenvalue weighted by Gasteiger charge is 2.23. The second kappa shape index (κ2) is 11.4. The molecular weight excluding hydrogens is 447 g/mol. The predicted molar refractivity (Wildman–Crippen MR) is 119 cm³/mol. The van der Waals surface area contributed by atoms with E-state index in [1.807, 2.05) is 18.4 Å². The minimum Gasteiger partial charge on any atom is -0.383 e. The number of halogens is 1. The Morgan fingerprint density at radius 3 is 2.68 bits per heavy atom. The molecule has 0 amide bonds. The highest BCUT2D eigenvalue weighted by molar-refractivity contribution is 14.0. The molecule has 0 aliphatic carbocycles. The number of methoxy groups -OCH3 is 1. The number of piperidine rings is 1. The van der Waals surface area contributed by atoms with E-state index in [0.717, 1.165) is 51.6 Å². The third kappa shape index (κ3) is 7.40. The summed E-state index contributed by atoms with van der Waals surface area (Å²) in [6.07, 6.45) is 2.30. The molecule has 0 bridgehead atoms. The Hall–Kier alpha value is -0.380. The van der Waals surface area contributed by atoms with Gasteiger partial charge in [-0.15, -0.1) is 35.3 Å². The molecule has 0 atom stereocenters. The molecule has 2 N–H and O–H groups in total. The number of aliphatic imine (C=N–C) groups is 1. The van der Waals surface area contributed by atoms with Crippen LogP contribution in [0.4, 0.5) is 0 Å². The average molecular weight is 480 g/mol. The van der Waals surface area contributed by atoms with Gasteiger partial charge in [0.25, 0.3) is 0 Å². The number of likely N-dealkylation sites (tertiary alicyclic amines) is 1. The zero-order valence-electron chi connectivity index (χ0n) is 15.9. The smallest absolute Gasteiger partial charge is 0.191 e. The maximum Gasteiger partial charge on any atom is 0.191 e. The van der Waals surface area contributed by atoms with Crippen LogP contribution >= 0.6 is 35.3 Å². The summed E-state index contributed by atoms with van der Waals surface area (Å²) >= 11 is 1.82. The van der Waals surface area contributed by atoms with Crippen LogP contribution in [0.5, 0.6) is 0 Å². The van der Waals surface area contributed by atoms with Crippen LogP contribution in [0, 0.1) is 0 Å². The topological polar surface area (TPSA) is 48.9 Å². The molecule has 7 heteroatoms. The van der Waals surface area contributed by atoms with E-state index in [2.05, 4.69) is 51.9 Å². The van der Waals surface area contributed by atoms with Crippen LogP contribution in [0.1, 0.15) is 31.6 Å². The van der Waals surface area contributed by atoms with Crippen molar-refractivity contribution in [1.29, 1.82) is 0 Å². The molecule has 144 valence electrons. The zero-order chi connectivity index (χ0) is 17.4. The van der Waals surface area contributed by atoms with Gasteiger partial charge in [-0.25, -0.2) is 0 Å². The molecule has 1 aromatic heterocycles. The van der Waals surface area contributed by atoms with E-state index in [0.29, 0.717) is 6.04 Å². The van der Waals surface area contributed by atoms with E-state index in [1.165, 1.54) is 4.88 Å². The normalized spacial score (nSPS) is 17.2. The molecule has 2 rings (SSSR count). The van der Waals surface area contributed by atoms with Crippen LogP contribution in [0.25, 0.3) is 0 Å². The third-order valence-corrected chi connectivity index (χ3v) is 5.89. The summed E-state index contributed by atoms with van der Waals surface area (Å²) in [7, 11) is 3.61. The van der Waals surface area contributed by atoms with Gasteiger partial charge in [0.05, 0.1) is 6.61 Å². The van der Waals surface area contributed by atoms with Gasteiger partial charge in [-0.2, -0.15) is 0 Å². The first-order valence-corrected chi connectivity index (χ1v) is 9.65. The summed E-state index contributed by atoms with van der Waals surface area (Å²) in [4.78, 5) is 8.27. The first-order valence-electron chi connectivity index (χ1n) is 8.77. The van der Waals surface area contributed by atoms with Gasteiger partial charge in [-0.05, 0) is 24.3 Å². The zero-order valence-corrected chi connectivity index (χ0v) is 19.0. The maximum atomic E-state index is 5.16. The Morgan fingerprint density at radius 1 is 1.40 bits per heavy atom. The molecule has 0 spiro atoms. The predicted octanol–water partition coefficient (Wildman–Crippen LogP) is 2.92. The lowest BCUT2D eigenvalue weighted by atomic mass is 9.91. The highest BCUT2D eigenvalue weighted by atomic mass is 127. The summed E-state index contributed by atoms with van der Waals surface area (Å²) in [5.41, 5.74) is 0.106. The van der Waals surface area contributed by atoms with Gasteiger partial charge in [-0.3, -0.25) is 4.99 Å². The van der Waals surface area contributed by atoms with E-state index in [4.69, 9.17) is 4.74 Å². The molecule has 0 saturated carbocycles. The first kappa shape index (κ1) is 22.7. The van der Waals surface area contributed by atoms with Crippen LogP contribution in [-0.4, -0.2) is 63.8 Å². The third-order valence-electron chi connectivity index (χ3n) is 4.65. The van der Waals surface area contributed by atoms with Crippen LogP contribution in [0.15, 0.2) is 22.5 Å². The van der Waals surface area contributed by atoms with Crippen molar-refractivity contribution in [2.75, 3.05) is 46.9 Å². The standard InChI is InChI=1S/C18H32N4OS.HI/c1-18(2,16-6-5-13-24-16)14-20-17(19-3)21-15-7-9-22(10-8-15)11-12-23-4;/h5-6,13,15H,7-12,14H2,1-4H3,(H2,19,20,21);1H. The number of nitrogens with zero attached hydrogens (tertiary/aromatic N) is 2. The van der Waals surface area contributed by atoms with Gasteiger partial charge in [0, 0.05) is 56.7 Å². The summed E-state index contributed by atoms with van der Waals surface area (Å²) in [5, 5.41) is 9.23. The van der Waals surface area contributed by atoms with Crippen molar-refractivity contribution in [3.05, 3.63) is 22.4 Å². The number of ether oxygens (including phenoxy) is 1.